The Bertz CT molecular complexity index is 2750. The van der Waals surface area contributed by atoms with Gasteiger partial charge in [0.1, 0.15) is 0 Å². The van der Waals surface area contributed by atoms with Crippen LogP contribution in [0.15, 0.2) is 182 Å². The summed E-state index contributed by atoms with van der Waals surface area (Å²) in [5.74, 6) is 0. The average molecular weight is 611 g/mol. The molecular formula is C46H30N2. The fourth-order valence-corrected chi connectivity index (χ4v) is 7.63. The smallest absolute Gasteiger partial charge is 0.0562 e. The lowest BCUT2D eigenvalue weighted by Crippen LogP contribution is -1.97. The van der Waals surface area contributed by atoms with Crippen molar-refractivity contribution in [3.63, 3.8) is 0 Å². The molecule has 0 aliphatic carbocycles. The third-order valence-electron chi connectivity index (χ3n) is 9.83. The third-order valence-corrected chi connectivity index (χ3v) is 9.83. The Balaban J connectivity index is 1.34. The third kappa shape index (κ3) is 4.13. The molecule has 0 bridgehead atoms. The first-order chi connectivity index (χ1) is 23.8. The molecule has 8 aromatic carbocycles. The molecule has 2 nitrogen and oxygen atoms in total. The number of fused-ring (bicyclic) bond motifs is 7. The fraction of sp³-hybridized carbons (Fsp3) is 0. The molecule has 0 N–H and O–H groups in total. The van der Waals surface area contributed by atoms with E-state index in [1.807, 2.05) is 0 Å². The van der Waals surface area contributed by atoms with Crippen LogP contribution in [-0.2, 0) is 0 Å². The molecule has 0 amide bonds. The van der Waals surface area contributed by atoms with Gasteiger partial charge in [-0.2, -0.15) is 0 Å². The molecule has 2 heteroatoms. The molecule has 0 radical (unpaired) electrons. The number of hydrogen-bond acceptors (Lipinski definition) is 0. The minimum absolute atomic E-state index is 1.15. The first kappa shape index (κ1) is 26.8. The van der Waals surface area contributed by atoms with E-state index in [4.69, 9.17) is 0 Å². The molecule has 10 aromatic rings. The highest BCUT2D eigenvalue weighted by atomic mass is 15.0. The predicted molar refractivity (Wildman–Crippen MR) is 203 cm³/mol. The van der Waals surface area contributed by atoms with Crippen molar-refractivity contribution in [2.45, 2.75) is 0 Å². The van der Waals surface area contributed by atoms with Gasteiger partial charge in [0.15, 0.2) is 0 Å². The molecule has 0 spiro atoms. The summed E-state index contributed by atoms with van der Waals surface area (Å²) in [4.78, 5) is 0. The van der Waals surface area contributed by atoms with Crippen LogP contribution in [0.1, 0.15) is 0 Å². The number of benzene rings is 8. The molecule has 2 heterocycles. The molecule has 48 heavy (non-hydrogen) atoms. The monoisotopic (exact) mass is 610 g/mol. The van der Waals surface area contributed by atoms with Crippen LogP contribution >= 0.6 is 0 Å². The van der Waals surface area contributed by atoms with Crippen LogP contribution in [0.25, 0.3) is 88.0 Å². The highest BCUT2D eigenvalue weighted by Gasteiger charge is 2.20. The van der Waals surface area contributed by atoms with Crippen molar-refractivity contribution >= 4 is 54.4 Å². The summed E-state index contributed by atoms with van der Waals surface area (Å²) >= 11 is 0. The zero-order valence-corrected chi connectivity index (χ0v) is 26.2. The van der Waals surface area contributed by atoms with E-state index in [1.165, 1.54) is 76.6 Å². The van der Waals surface area contributed by atoms with Crippen LogP contribution in [0.3, 0.4) is 0 Å². The Hall–Kier alpha value is -6.38. The normalized spacial score (nSPS) is 11.8. The molecular weight excluding hydrogens is 581 g/mol. The van der Waals surface area contributed by atoms with Gasteiger partial charge in [-0.25, -0.2) is 0 Å². The second-order valence-corrected chi connectivity index (χ2v) is 12.6. The van der Waals surface area contributed by atoms with Crippen LogP contribution in [0.4, 0.5) is 0 Å². The van der Waals surface area contributed by atoms with E-state index < -0.39 is 0 Å². The van der Waals surface area contributed by atoms with Crippen LogP contribution in [-0.4, -0.2) is 9.13 Å². The standard InChI is InChI=1S/C46H30N2/c1-4-14-31(15-5-1)35-24-36(32-16-6-2-7-17-32)26-38(25-35)48-43-23-13-12-22-39(43)41-29-42-40-27-33-18-10-11-19-34(33)28-44(40)47(46(42)30-45(41)48)37-20-8-3-9-21-37/h1-30H. The van der Waals surface area contributed by atoms with Crippen molar-refractivity contribution < 1.29 is 0 Å². The Kier molecular flexibility index (Phi) is 5.91. The van der Waals surface area contributed by atoms with E-state index in [0.717, 1.165) is 11.4 Å². The molecule has 0 atom stereocenters. The van der Waals surface area contributed by atoms with Gasteiger partial charge in [0.25, 0.3) is 0 Å². The summed E-state index contributed by atoms with van der Waals surface area (Å²) in [5.41, 5.74) is 11.9. The van der Waals surface area contributed by atoms with Gasteiger partial charge in [-0.3, -0.25) is 0 Å². The second-order valence-electron chi connectivity index (χ2n) is 12.6. The topological polar surface area (TPSA) is 9.86 Å². The van der Waals surface area contributed by atoms with E-state index in [2.05, 4.69) is 191 Å². The van der Waals surface area contributed by atoms with E-state index in [9.17, 15) is 0 Å². The lowest BCUT2D eigenvalue weighted by Gasteiger charge is -2.14. The molecule has 2 aromatic heterocycles. The maximum Gasteiger partial charge on any atom is 0.0562 e. The molecule has 0 saturated heterocycles. The van der Waals surface area contributed by atoms with E-state index in [-0.39, 0.29) is 0 Å². The van der Waals surface area contributed by atoms with Crippen molar-refractivity contribution in [2.24, 2.45) is 0 Å². The van der Waals surface area contributed by atoms with Crippen molar-refractivity contribution in [3.05, 3.63) is 182 Å². The molecule has 0 aliphatic rings. The quantitative estimate of drug-likeness (QED) is 0.188. The number of para-hydroxylation sites is 2. The highest BCUT2D eigenvalue weighted by molar-refractivity contribution is 6.20. The lowest BCUT2D eigenvalue weighted by molar-refractivity contribution is 1.17. The Morgan fingerprint density at radius 2 is 0.729 bits per heavy atom. The van der Waals surface area contributed by atoms with Gasteiger partial charge in [-0.15, -0.1) is 0 Å². The zero-order chi connectivity index (χ0) is 31.6. The Morgan fingerprint density at radius 1 is 0.250 bits per heavy atom. The van der Waals surface area contributed by atoms with Gasteiger partial charge in [-0.05, 0) is 93.7 Å². The minimum Gasteiger partial charge on any atom is -0.309 e. The second kappa shape index (κ2) is 10.6. The van der Waals surface area contributed by atoms with E-state index in [1.54, 1.807) is 0 Å². The van der Waals surface area contributed by atoms with Crippen molar-refractivity contribution in [1.82, 2.24) is 9.13 Å². The van der Waals surface area contributed by atoms with Crippen molar-refractivity contribution in [2.75, 3.05) is 0 Å². The SMILES string of the molecule is c1ccc(-c2cc(-c3ccccc3)cc(-n3c4ccccc4c4cc5c6cc7ccccc7cc6n(-c6ccccc6)c5cc43)c2)cc1. The van der Waals surface area contributed by atoms with E-state index >= 15 is 0 Å². The number of rotatable bonds is 4. The number of hydrogen-bond donors (Lipinski definition) is 0. The van der Waals surface area contributed by atoms with E-state index in [0.29, 0.717) is 0 Å². The Labute approximate surface area is 278 Å². The van der Waals surface area contributed by atoms with Crippen molar-refractivity contribution in [3.8, 4) is 33.6 Å². The molecule has 0 fully saturated rings. The van der Waals surface area contributed by atoms with Gasteiger partial charge in [-0.1, -0.05) is 121 Å². The molecule has 0 saturated carbocycles. The molecule has 10 rings (SSSR count). The van der Waals surface area contributed by atoms with Crippen LogP contribution < -0.4 is 0 Å². The maximum atomic E-state index is 2.46. The summed E-state index contributed by atoms with van der Waals surface area (Å²) in [6.45, 7) is 0. The number of aromatic nitrogens is 2. The van der Waals surface area contributed by atoms with Crippen LogP contribution in [0.2, 0.25) is 0 Å². The van der Waals surface area contributed by atoms with Crippen molar-refractivity contribution in [1.29, 1.82) is 0 Å². The van der Waals surface area contributed by atoms with Gasteiger partial charge < -0.3 is 9.13 Å². The zero-order valence-electron chi connectivity index (χ0n) is 26.2. The van der Waals surface area contributed by atoms with Crippen LogP contribution in [0.5, 0.6) is 0 Å². The van der Waals surface area contributed by atoms with Gasteiger partial charge in [0.2, 0.25) is 0 Å². The fourth-order valence-electron chi connectivity index (χ4n) is 7.63. The first-order valence-electron chi connectivity index (χ1n) is 16.5. The maximum absolute atomic E-state index is 2.46. The van der Waals surface area contributed by atoms with Gasteiger partial charge >= 0.3 is 0 Å². The highest BCUT2D eigenvalue weighted by Crippen LogP contribution is 2.41. The van der Waals surface area contributed by atoms with Crippen LogP contribution in [0, 0.1) is 0 Å². The summed E-state index contributed by atoms with van der Waals surface area (Å²) in [5, 5.41) is 7.54. The summed E-state index contributed by atoms with van der Waals surface area (Å²) < 4.78 is 4.90. The number of nitrogens with zero attached hydrogens (tertiary/aromatic N) is 2. The molecule has 0 aliphatic heterocycles. The first-order valence-corrected chi connectivity index (χ1v) is 16.5. The molecule has 224 valence electrons. The van der Waals surface area contributed by atoms with Gasteiger partial charge in [0.05, 0.1) is 22.1 Å². The Morgan fingerprint density at radius 3 is 1.40 bits per heavy atom. The van der Waals surface area contributed by atoms with Gasteiger partial charge in [0, 0.05) is 32.9 Å². The predicted octanol–water partition coefficient (Wildman–Crippen LogP) is 12.4. The summed E-state index contributed by atoms with van der Waals surface area (Å²) in [6.07, 6.45) is 0. The summed E-state index contributed by atoms with van der Waals surface area (Å²) in [6, 6.07) is 66.3. The largest absolute Gasteiger partial charge is 0.309 e. The summed E-state index contributed by atoms with van der Waals surface area (Å²) in [7, 11) is 0. The lowest BCUT2D eigenvalue weighted by atomic mass is 9.98. The average Bonchev–Trinajstić information content (AvgIpc) is 3.65. The molecule has 0 unspecified atom stereocenters. The minimum atomic E-state index is 1.15.